The Morgan fingerprint density at radius 3 is 2.37 bits per heavy atom. The van der Waals surface area contributed by atoms with Crippen LogP contribution in [0.15, 0.2) is 30.3 Å². The number of amides is 3. The van der Waals surface area contributed by atoms with Gasteiger partial charge in [0.05, 0.1) is 0 Å². The van der Waals surface area contributed by atoms with Crippen LogP contribution in [0.4, 0.5) is 10.5 Å². The number of rotatable bonds is 9. The molecule has 7 nitrogen and oxygen atoms in total. The number of carbonyl (C=O) groups excluding carboxylic acids is 2. The number of hydrogen-bond donors (Lipinski definition) is 3. The summed E-state index contributed by atoms with van der Waals surface area (Å²) in [6.07, 6.45) is 1.21. The third-order valence-electron chi connectivity index (χ3n) is 4.86. The highest BCUT2D eigenvalue weighted by atomic mass is 16.2. The van der Waals surface area contributed by atoms with E-state index < -0.39 is 0 Å². The fourth-order valence-electron chi connectivity index (χ4n) is 3.00. The van der Waals surface area contributed by atoms with E-state index in [4.69, 9.17) is 0 Å². The second-order valence-corrected chi connectivity index (χ2v) is 6.97. The molecular weight excluding hydrogens is 342 g/mol. The molecule has 0 radical (unpaired) electrons. The SMILES string of the molecule is CC[C@@H](C)NC(=O)CCNC(=O)NCCN1CCN(c2ccccc2)CC1. The van der Waals surface area contributed by atoms with E-state index in [9.17, 15) is 9.59 Å². The normalized spacial score (nSPS) is 15.9. The van der Waals surface area contributed by atoms with E-state index in [0.717, 1.165) is 39.1 Å². The Bertz CT molecular complexity index is 573. The van der Waals surface area contributed by atoms with Crippen molar-refractivity contribution < 1.29 is 9.59 Å². The van der Waals surface area contributed by atoms with Crippen LogP contribution in [0.1, 0.15) is 26.7 Å². The van der Waals surface area contributed by atoms with Gasteiger partial charge in [-0.15, -0.1) is 0 Å². The van der Waals surface area contributed by atoms with Gasteiger partial charge in [0.1, 0.15) is 0 Å². The Balaban J connectivity index is 1.52. The highest BCUT2D eigenvalue weighted by molar-refractivity contribution is 5.78. The van der Waals surface area contributed by atoms with Gasteiger partial charge in [-0.05, 0) is 25.5 Å². The zero-order chi connectivity index (χ0) is 19.5. The van der Waals surface area contributed by atoms with Crippen LogP contribution >= 0.6 is 0 Å². The smallest absolute Gasteiger partial charge is 0.314 e. The number of piperazine rings is 1. The lowest BCUT2D eigenvalue weighted by Gasteiger charge is -2.36. The first kappa shape index (κ1) is 21.0. The van der Waals surface area contributed by atoms with Gasteiger partial charge in [-0.3, -0.25) is 9.69 Å². The third kappa shape index (κ3) is 7.86. The first-order valence-electron chi connectivity index (χ1n) is 9.92. The van der Waals surface area contributed by atoms with Crippen molar-refractivity contribution in [3.05, 3.63) is 30.3 Å². The molecule has 7 heteroatoms. The first-order valence-corrected chi connectivity index (χ1v) is 9.92. The number of benzene rings is 1. The van der Waals surface area contributed by atoms with Crippen molar-refractivity contribution in [2.24, 2.45) is 0 Å². The summed E-state index contributed by atoms with van der Waals surface area (Å²) < 4.78 is 0. The van der Waals surface area contributed by atoms with Crippen molar-refractivity contribution in [3.8, 4) is 0 Å². The standard InChI is InChI=1S/C20H33N5O2/c1-3-17(2)23-19(26)9-10-21-20(27)22-11-12-24-13-15-25(16-14-24)18-7-5-4-6-8-18/h4-8,17H,3,9-16H2,1-2H3,(H,23,26)(H2,21,22,27)/t17-/m1/s1. The quantitative estimate of drug-likeness (QED) is 0.610. The lowest BCUT2D eigenvalue weighted by molar-refractivity contribution is -0.121. The molecule has 2 rings (SSSR count). The average Bonchev–Trinajstić information content (AvgIpc) is 2.69. The van der Waals surface area contributed by atoms with Gasteiger partial charge in [-0.1, -0.05) is 25.1 Å². The summed E-state index contributed by atoms with van der Waals surface area (Å²) in [6.45, 7) is 9.78. The van der Waals surface area contributed by atoms with Gasteiger partial charge in [0.2, 0.25) is 5.91 Å². The molecule has 0 unspecified atom stereocenters. The van der Waals surface area contributed by atoms with Crippen molar-refractivity contribution in [2.75, 3.05) is 50.7 Å². The minimum absolute atomic E-state index is 0.0269. The predicted octanol–water partition coefficient (Wildman–Crippen LogP) is 1.41. The maximum atomic E-state index is 11.8. The largest absolute Gasteiger partial charge is 0.369 e. The molecule has 0 saturated carbocycles. The van der Waals surface area contributed by atoms with Crippen LogP contribution in [-0.4, -0.2) is 68.7 Å². The van der Waals surface area contributed by atoms with E-state index >= 15 is 0 Å². The van der Waals surface area contributed by atoms with Crippen molar-refractivity contribution in [3.63, 3.8) is 0 Å². The zero-order valence-electron chi connectivity index (χ0n) is 16.5. The molecule has 1 aromatic carbocycles. The minimum Gasteiger partial charge on any atom is -0.369 e. The van der Waals surface area contributed by atoms with Gasteiger partial charge in [0.15, 0.2) is 0 Å². The summed E-state index contributed by atoms with van der Waals surface area (Å²) in [5.41, 5.74) is 1.27. The number of anilines is 1. The Kier molecular flexibility index (Phi) is 8.91. The molecule has 150 valence electrons. The molecule has 0 aliphatic carbocycles. The lowest BCUT2D eigenvalue weighted by atomic mass is 10.2. The van der Waals surface area contributed by atoms with Gasteiger partial charge >= 0.3 is 6.03 Å². The maximum Gasteiger partial charge on any atom is 0.314 e. The van der Waals surface area contributed by atoms with E-state index in [-0.39, 0.29) is 18.0 Å². The number of carbonyl (C=O) groups is 2. The fourth-order valence-corrected chi connectivity index (χ4v) is 3.00. The summed E-state index contributed by atoms with van der Waals surface area (Å²) in [5.74, 6) is -0.0269. The molecule has 0 aromatic heterocycles. The maximum absolute atomic E-state index is 11.8. The molecule has 3 amide bonds. The summed E-state index contributed by atoms with van der Waals surface area (Å²) in [6, 6.07) is 10.4. The highest BCUT2D eigenvalue weighted by Gasteiger charge is 2.16. The van der Waals surface area contributed by atoms with Crippen molar-refractivity contribution in [1.29, 1.82) is 0 Å². The van der Waals surface area contributed by atoms with Crippen LogP contribution < -0.4 is 20.9 Å². The van der Waals surface area contributed by atoms with E-state index in [2.05, 4.69) is 50.0 Å². The Morgan fingerprint density at radius 2 is 1.70 bits per heavy atom. The molecule has 0 spiro atoms. The summed E-state index contributed by atoms with van der Waals surface area (Å²) in [7, 11) is 0. The number of urea groups is 1. The van der Waals surface area contributed by atoms with E-state index in [1.54, 1.807) is 0 Å². The zero-order valence-corrected chi connectivity index (χ0v) is 16.5. The predicted molar refractivity (Wildman–Crippen MR) is 109 cm³/mol. The van der Waals surface area contributed by atoms with Crippen LogP contribution in [0.2, 0.25) is 0 Å². The minimum atomic E-state index is -0.214. The molecule has 3 N–H and O–H groups in total. The Labute approximate surface area is 162 Å². The number of nitrogens with one attached hydrogen (secondary N) is 3. The van der Waals surface area contributed by atoms with Gasteiger partial charge < -0.3 is 20.9 Å². The molecule has 1 fully saturated rings. The molecule has 1 atom stereocenters. The van der Waals surface area contributed by atoms with Gasteiger partial charge in [-0.25, -0.2) is 4.79 Å². The Hall–Kier alpha value is -2.28. The van der Waals surface area contributed by atoms with Crippen molar-refractivity contribution in [1.82, 2.24) is 20.9 Å². The molecule has 1 heterocycles. The number of hydrogen-bond acceptors (Lipinski definition) is 4. The van der Waals surface area contributed by atoms with Crippen LogP contribution in [0.5, 0.6) is 0 Å². The highest BCUT2D eigenvalue weighted by Crippen LogP contribution is 2.15. The molecule has 1 aromatic rings. The number of nitrogens with zero attached hydrogens (tertiary/aromatic N) is 2. The van der Waals surface area contributed by atoms with Crippen LogP contribution in [0.3, 0.4) is 0 Å². The Morgan fingerprint density at radius 1 is 1.04 bits per heavy atom. The van der Waals surface area contributed by atoms with Crippen molar-refractivity contribution >= 4 is 17.6 Å². The van der Waals surface area contributed by atoms with Gasteiger partial charge in [0.25, 0.3) is 0 Å². The van der Waals surface area contributed by atoms with Crippen LogP contribution in [-0.2, 0) is 4.79 Å². The van der Waals surface area contributed by atoms with E-state index in [1.165, 1.54) is 5.69 Å². The number of para-hydroxylation sites is 1. The first-order chi connectivity index (χ1) is 13.1. The monoisotopic (exact) mass is 375 g/mol. The topological polar surface area (TPSA) is 76.7 Å². The van der Waals surface area contributed by atoms with Gasteiger partial charge in [0, 0.05) is 64.0 Å². The van der Waals surface area contributed by atoms with Gasteiger partial charge in [-0.2, -0.15) is 0 Å². The van der Waals surface area contributed by atoms with Crippen molar-refractivity contribution in [2.45, 2.75) is 32.7 Å². The summed E-state index contributed by atoms with van der Waals surface area (Å²) in [4.78, 5) is 28.2. The second-order valence-electron chi connectivity index (χ2n) is 6.97. The molecule has 1 aliphatic rings. The fraction of sp³-hybridized carbons (Fsp3) is 0.600. The molecule has 1 saturated heterocycles. The molecular formula is C20H33N5O2. The second kappa shape index (κ2) is 11.4. The molecule has 1 aliphatic heterocycles. The molecule has 27 heavy (non-hydrogen) atoms. The van der Waals surface area contributed by atoms with E-state index in [1.807, 2.05) is 19.9 Å². The van der Waals surface area contributed by atoms with E-state index in [0.29, 0.717) is 19.5 Å². The summed E-state index contributed by atoms with van der Waals surface area (Å²) in [5, 5.41) is 8.48. The lowest BCUT2D eigenvalue weighted by Crippen LogP contribution is -2.49. The average molecular weight is 376 g/mol. The van der Waals surface area contributed by atoms with Crippen LogP contribution in [0, 0.1) is 0 Å². The summed E-state index contributed by atoms with van der Waals surface area (Å²) >= 11 is 0. The third-order valence-corrected chi connectivity index (χ3v) is 4.86. The molecule has 0 bridgehead atoms. The van der Waals surface area contributed by atoms with Crippen LogP contribution in [0.25, 0.3) is 0 Å².